The Kier molecular flexibility index (Phi) is 4.14. The van der Waals surface area contributed by atoms with Crippen molar-refractivity contribution in [3.8, 4) is 0 Å². The third kappa shape index (κ3) is 2.68. The number of rotatable bonds is 2. The fourth-order valence-electron chi connectivity index (χ4n) is 1.62. The maximum atomic E-state index is 13.8. The van der Waals surface area contributed by atoms with E-state index in [4.69, 9.17) is 16.3 Å². The highest BCUT2D eigenvalue weighted by Crippen LogP contribution is 2.28. The van der Waals surface area contributed by atoms with Crippen molar-refractivity contribution in [2.24, 2.45) is 0 Å². The van der Waals surface area contributed by atoms with Crippen LogP contribution in [0.4, 0.5) is 4.39 Å². The second-order valence-corrected chi connectivity index (χ2v) is 4.88. The number of carbonyl (C=O) groups excluding carboxylic acids is 1. The van der Waals surface area contributed by atoms with Crippen molar-refractivity contribution in [1.29, 1.82) is 0 Å². The lowest BCUT2D eigenvalue weighted by Crippen LogP contribution is -2.43. The number of hydrogen-bond donors (Lipinski definition) is 1. The molecule has 0 amide bonds. The van der Waals surface area contributed by atoms with Gasteiger partial charge in [-0.3, -0.25) is 4.79 Å². The van der Waals surface area contributed by atoms with Crippen LogP contribution in [-0.4, -0.2) is 31.6 Å². The minimum atomic E-state index is -0.708. The standard InChI is InChI=1S/C11H10BrClFNO2/c12-7-2-1-6(10(14)9(7)13)11(16)8-5-15-3-4-17-8/h1-2,8,15H,3-5H2. The summed E-state index contributed by atoms with van der Waals surface area (Å²) in [7, 11) is 0. The maximum absolute atomic E-state index is 13.8. The van der Waals surface area contributed by atoms with Crippen LogP contribution in [0.15, 0.2) is 16.6 Å². The number of Topliss-reactive ketones (excluding diaryl/α,β-unsaturated/α-hetero) is 1. The average molecular weight is 323 g/mol. The third-order valence-electron chi connectivity index (χ3n) is 2.52. The quantitative estimate of drug-likeness (QED) is 0.671. The van der Waals surface area contributed by atoms with Gasteiger partial charge in [0, 0.05) is 17.6 Å². The first-order chi connectivity index (χ1) is 8.11. The summed E-state index contributed by atoms with van der Waals surface area (Å²) in [5.41, 5.74) is -0.0353. The highest BCUT2D eigenvalue weighted by molar-refractivity contribution is 9.10. The van der Waals surface area contributed by atoms with E-state index < -0.39 is 11.9 Å². The molecule has 1 N–H and O–H groups in total. The number of ketones is 1. The van der Waals surface area contributed by atoms with Crippen LogP contribution in [0.5, 0.6) is 0 Å². The van der Waals surface area contributed by atoms with Crippen LogP contribution >= 0.6 is 27.5 Å². The van der Waals surface area contributed by atoms with Gasteiger partial charge in [0.15, 0.2) is 11.6 Å². The Hall–Kier alpha value is -0.490. The van der Waals surface area contributed by atoms with Crippen molar-refractivity contribution >= 4 is 33.3 Å². The van der Waals surface area contributed by atoms with Crippen LogP contribution in [0.1, 0.15) is 10.4 Å². The molecule has 1 aliphatic rings. The first-order valence-electron chi connectivity index (χ1n) is 5.11. The fourth-order valence-corrected chi connectivity index (χ4v) is 2.09. The maximum Gasteiger partial charge on any atom is 0.195 e. The monoisotopic (exact) mass is 321 g/mol. The molecule has 1 saturated heterocycles. The SMILES string of the molecule is O=C(c1ccc(Br)c(Cl)c1F)C1CNCCO1. The summed E-state index contributed by atoms with van der Waals surface area (Å²) < 4.78 is 19.5. The Balaban J connectivity index is 2.27. The number of morpholine rings is 1. The van der Waals surface area contributed by atoms with E-state index in [0.29, 0.717) is 24.2 Å². The zero-order valence-electron chi connectivity index (χ0n) is 8.80. The Morgan fingerprint density at radius 3 is 3.00 bits per heavy atom. The molecule has 1 heterocycles. The minimum Gasteiger partial charge on any atom is -0.367 e. The molecule has 0 radical (unpaired) electrons. The molecular formula is C11H10BrClFNO2. The topological polar surface area (TPSA) is 38.3 Å². The van der Waals surface area contributed by atoms with Gasteiger partial charge in [-0.2, -0.15) is 0 Å². The van der Waals surface area contributed by atoms with E-state index in [9.17, 15) is 9.18 Å². The van der Waals surface area contributed by atoms with Gasteiger partial charge < -0.3 is 10.1 Å². The summed E-state index contributed by atoms with van der Waals surface area (Å²) in [4.78, 5) is 12.0. The molecule has 1 fully saturated rings. The van der Waals surface area contributed by atoms with E-state index in [2.05, 4.69) is 21.2 Å². The average Bonchev–Trinajstić information content (AvgIpc) is 2.36. The van der Waals surface area contributed by atoms with Gasteiger partial charge in [0.1, 0.15) is 6.10 Å². The number of nitrogens with one attached hydrogen (secondary N) is 1. The molecule has 1 unspecified atom stereocenters. The molecule has 17 heavy (non-hydrogen) atoms. The molecule has 6 heteroatoms. The molecule has 1 aliphatic heterocycles. The van der Waals surface area contributed by atoms with Gasteiger partial charge in [0.2, 0.25) is 0 Å². The second kappa shape index (κ2) is 5.44. The summed E-state index contributed by atoms with van der Waals surface area (Å²) in [6, 6.07) is 2.96. The molecule has 1 aromatic rings. The largest absolute Gasteiger partial charge is 0.367 e. The smallest absolute Gasteiger partial charge is 0.195 e. The minimum absolute atomic E-state index is 0.0353. The number of carbonyl (C=O) groups is 1. The van der Waals surface area contributed by atoms with Crippen LogP contribution in [0.2, 0.25) is 5.02 Å². The summed E-state index contributed by atoms with van der Waals surface area (Å²) in [6.45, 7) is 1.54. The molecule has 0 saturated carbocycles. The predicted molar refractivity (Wildman–Crippen MR) is 66.1 cm³/mol. The van der Waals surface area contributed by atoms with Gasteiger partial charge in [0.25, 0.3) is 0 Å². The van der Waals surface area contributed by atoms with Gasteiger partial charge in [-0.05, 0) is 28.1 Å². The molecule has 3 nitrogen and oxygen atoms in total. The van der Waals surface area contributed by atoms with E-state index in [-0.39, 0.29) is 16.4 Å². The summed E-state index contributed by atoms with van der Waals surface area (Å²) in [5, 5.41) is 2.94. The van der Waals surface area contributed by atoms with Gasteiger partial charge in [-0.1, -0.05) is 11.6 Å². The Labute approximate surface area is 111 Å². The number of hydrogen-bond acceptors (Lipinski definition) is 3. The van der Waals surface area contributed by atoms with E-state index >= 15 is 0 Å². The fraction of sp³-hybridized carbons (Fsp3) is 0.364. The number of halogens is 3. The normalized spacial score (nSPS) is 20.3. The molecule has 1 atom stereocenters. The molecule has 0 bridgehead atoms. The van der Waals surface area contributed by atoms with Crippen molar-refractivity contribution in [2.75, 3.05) is 19.7 Å². The zero-order valence-corrected chi connectivity index (χ0v) is 11.1. The Morgan fingerprint density at radius 2 is 2.35 bits per heavy atom. The second-order valence-electron chi connectivity index (χ2n) is 3.65. The summed E-state index contributed by atoms with van der Waals surface area (Å²) in [5.74, 6) is -1.09. The molecule has 0 spiro atoms. The number of benzene rings is 1. The van der Waals surface area contributed by atoms with Crippen LogP contribution in [0.25, 0.3) is 0 Å². The molecular weight excluding hydrogens is 312 g/mol. The van der Waals surface area contributed by atoms with E-state index in [1.807, 2.05) is 0 Å². The van der Waals surface area contributed by atoms with E-state index in [1.165, 1.54) is 6.07 Å². The third-order valence-corrected chi connectivity index (χ3v) is 3.78. The van der Waals surface area contributed by atoms with Gasteiger partial charge >= 0.3 is 0 Å². The van der Waals surface area contributed by atoms with E-state index in [0.717, 1.165) is 0 Å². The molecule has 92 valence electrons. The molecule has 0 aromatic heterocycles. The van der Waals surface area contributed by atoms with Crippen LogP contribution in [-0.2, 0) is 4.74 Å². The number of ether oxygens (including phenoxy) is 1. The van der Waals surface area contributed by atoms with Gasteiger partial charge in [0.05, 0.1) is 17.2 Å². The van der Waals surface area contributed by atoms with Crippen LogP contribution in [0.3, 0.4) is 0 Å². The summed E-state index contributed by atoms with van der Waals surface area (Å²) >= 11 is 8.83. The van der Waals surface area contributed by atoms with Crippen molar-refractivity contribution in [3.05, 3.63) is 33.0 Å². The van der Waals surface area contributed by atoms with Crippen LogP contribution < -0.4 is 5.32 Å². The molecule has 2 rings (SSSR count). The van der Waals surface area contributed by atoms with Gasteiger partial charge in [-0.15, -0.1) is 0 Å². The lowest BCUT2D eigenvalue weighted by atomic mass is 10.0. The van der Waals surface area contributed by atoms with Gasteiger partial charge in [-0.25, -0.2) is 4.39 Å². The molecule has 1 aromatic carbocycles. The van der Waals surface area contributed by atoms with Crippen molar-refractivity contribution < 1.29 is 13.9 Å². The van der Waals surface area contributed by atoms with Crippen molar-refractivity contribution in [1.82, 2.24) is 5.32 Å². The molecule has 0 aliphatic carbocycles. The summed E-state index contributed by atoms with van der Waals surface area (Å²) in [6.07, 6.45) is -0.643. The predicted octanol–water partition coefficient (Wildman–Crippen LogP) is 2.41. The van der Waals surface area contributed by atoms with Crippen LogP contribution in [0, 0.1) is 5.82 Å². The first kappa shape index (κ1) is 13.0. The first-order valence-corrected chi connectivity index (χ1v) is 6.28. The zero-order chi connectivity index (χ0) is 12.4. The highest BCUT2D eigenvalue weighted by Gasteiger charge is 2.26. The lowest BCUT2D eigenvalue weighted by Gasteiger charge is -2.22. The van der Waals surface area contributed by atoms with Crippen molar-refractivity contribution in [2.45, 2.75) is 6.10 Å². The Bertz CT molecular complexity index is 449. The Morgan fingerprint density at radius 1 is 1.59 bits per heavy atom. The van der Waals surface area contributed by atoms with Crippen molar-refractivity contribution in [3.63, 3.8) is 0 Å². The lowest BCUT2D eigenvalue weighted by molar-refractivity contribution is 0.0266. The van der Waals surface area contributed by atoms with E-state index in [1.54, 1.807) is 6.07 Å². The highest BCUT2D eigenvalue weighted by atomic mass is 79.9.